The van der Waals surface area contributed by atoms with E-state index in [1.165, 1.54) is 11.7 Å². The maximum absolute atomic E-state index is 13.0. The fourth-order valence-corrected chi connectivity index (χ4v) is 2.96. The van der Waals surface area contributed by atoms with Crippen LogP contribution in [-0.4, -0.2) is 24.4 Å². The summed E-state index contributed by atoms with van der Waals surface area (Å²) in [5.74, 6) is 0.229. The van der Waals surface area contributed by atoms with E-state index in [0.29, 0.717) is 22.5 Å². The number of nitrogens with zero attached hydrogens (tertiary/aromatic N) is 1. The number of carbonyl (C=O) groups excluding carboxylic acids is 1. The average molecular weight is 358 g/mol. The van der Waals surface area contributed by atoms with Crippen molar-refractivity contribution >= 4 is 54.3 Å². The van der Waals surface area contributed by atoms with Gasteiger partial charge in [0, 0.05) is 12.5 Å². The van der Waals surface area contributed by atoms with Gasteiger partial charge >= 0.3 is 6.92 Å². The maximum Gasteiger partial charge on any atom is 0.344 e. The summed E-state index contributed by atoms with van der Waals surface area (Å²) in [4.78, 5) is 13.0. The van der Waals surface area contributed by atoms with E-state index in [4.69, 9.17) is 32.0 Å². The molecule has 0 aliphatic heterocycles. The second-order valence-electron chi connectivity index (χ2n) is 4.70. The normalized spacial score (nSPS) is 10.6. The van der Waals surface area contributed by atoms with E-state index < -0.39 is 6.92 Å². The molecule has 0 saturated carbocycles. The van der Waals surface area contributed by atoms with Crippen LogP contribution in [0.25, 0.3) is 0 Å². The molecule has 2 rings (SSSR count). The third-order valence-corrected chi connectivity index (χ3v) is 4.67. The van der Waals surface area contributed by atoms with Gasteiger partial charge in [0.2, 0.25) is 5.78 Å². The molecule has 2 aromatic rings. The van der Waals surface area contributed by atoms with E-state index >= 15 is 0 Å². The number of thiol groups is 1. The highest BCUT2D eigenvalue weighted by molar-refractivity contribution is 7.76. The zero-order chi connectivity index (χ0) is 16.4. The van der Waals surface area contributed by atoms with Gasteiger partial charge in [-0.25, -0.2) is 0 Å². The van der Waals surface area contributed by atoms with Crippen LogP contribution in [0.4, 0.5) is 0 Å². The van der Waals surface area contributed by atoms with Gasteiger partial charge in [-0.3, -0.25) is 4.79 Å². The minimum atomic E-state index is -0.497. The van der Waals surface area contributed by atoms with Gasteiger partial charge in [-0.15, -0.1) is 0 Å². The van der Waals surface area contributed by atoms with Gasteiger partial charge in [0.1, 0.15) is 10.9 Å². The Hall–Kier alpha value is -1.08. The van der Waals surface area contributed by atoms with E-state index in [9.17, 15) is 4.79 Å². The summed E-state index contributed by atoms with van der Waals surface area (Å²) in [7, 11) is 3.18. The van der Waals surface area contributed by atoms with Crippen molar-refractivity contribution in [3.63, 3.8) is 0 Å². The topological polar surface area (TPSA) is 40.5 Å². The lowest BCUT2D eigenvalue weighted by molar-refractivity contribution is 0.102. The van der Waals surface area contributed by atoms with Gasteiger partial charge in [-0.1, -0.05) is 42.2 Å². The fourth-order valence-electron chi connectivity index (χ4n) is 2.30. The van der Waals surface area contributed by atoms with Gasteiger partial charge in [0.05, 0.1) is 23.4 Å². The van der Waals surface area contributed by atoms with Crippen LogP contribution in [0.15, 0.2) is 24.3 Å². The summed E-state index contributed by atoms with van der Waals surface area (Å²) < 4.78 is 11.8. The molecule has 8 heteroatoms. The fraction of sp³-hybridized carbons (Fsp3) is 0.214. The van der Waals surface area contributed by atoms with E-state index in [-0.39, 0.29) is 16.0 Å². The number of benzene rings is 1. The number of rotatable bonds is 5. The lowest BCUT2D eigenvalue weighted by Crippen LogP contribution is -2.33. The standard InChI is InChI=1S/C14H14BCl2NO3S/c1-15(21-22)10-11(16)14(17)18(2)12(10)13(19)8-6-4-5-7-9(8)20-3/h4-7,22H,1-3H3. The third-order valence-electron chi connectivity index (χ3n) is 3.43. The van der Waals surface area contributed by atoms with Crippen LogP contribution in [0, 0.1) is 0 Å². The summed E-state index contributed by atoms with van der Waals surface area (Å²) in [6.45, 7) is 1.24. The van der Waals surface area contributed by atoms with Crippen LogP contribution < -0.4 is 10.2 Å². The third kappa shape index (κ3) is 2.88. The molecule has 0 fully saturated rings. The highest BCUT2D eigenvalue weighted by Crippen LogP contribution is 2.28. The van der Waals surface area contributed by atoms with Crippen molar-refractivity contribution in [2.45, 2.75) is 6.82 Å². The first-order valence-corrected chi connectivity index (χ1v) is 7.57. The predicted octanol–water partition coefficient (Wildman–Crippen LogP) is 3.26. The Morgan fingerprint density at radius 1 is 1.32 bits per heavy atom. The van der Waals surface area contributed by atoms with Gasteiger partial charge in [-0.05, 0) is 25.0 Å². The quantitative estimate of drug-likeness (QED) is 0.386. The summed E-state index contributed by atoms with van der Waals surface area (Å²) in [6, 6.07) is 6.96. The second-order valence-corrected chi connectivity index (χ2v) is 5.65. The Morgan fingerprint density at radius 3 is 2.55 bits per heavy atom. The predicted molar refractivity (Wildman–Crippen MR) is 93.2 cm³/mol. The van der Waals surface area contributed by atoms with Crippen molar-refractivity contribution in [1.82, 2.24) is 4.57 Å². The highest BCUT2D eigenvalue weighted by atomic mass is 35.5. The molecule has 4 nitrogen and oxygen atoms in total. The second kappa shape index (κ2) is 7.00. The van der Waals surface area contributed by atoms with Crippen LogP contribution >= 0.6 is 36.1 Å². The lowest BCUT2D eigenvalue weighted by atomic mass is 9.63. The number of hydrogen-bond acceptors (Lipinski definition) is 4. The number of halogens is 2. The van der Waals surface area contributed by atoms with Crippen LogP contribution in [0.2, 0.25) is 17.0 Å². The van der Waals surface area contributed by atoms with Crippen LogP contribution in [0.1, 0.15) is 16.1 Å². The van der Waals surface area contributed by atoms with E-state index in [0.717, 1.165) is 0 Å². The van der Waals surface area contributed by atoms with Crippen LogP contribution in [0.5, 0.6) is 5.75 Å². The molecule has 0 unspecified atom stereocenters. The van der Waals surface area contributed by atoms with E-state index in [1.807, 2.05) is 0 Å². The highest BCUT2D eigenvalue weighted by Gasteiger charge is 2.31. The number of aromatic nitrogens is 1. The molecule has 1 aromatic heterocycles. The number of carbonyl (C=O) groups is 1. The molecule has 0 spiro atoms. The number of hydrogen-bond donors (Lipinski definition) is 1. The molecule has 116 valence electrons. The Bertz CT molecular complexity index is 720. The van der Waals surface area contributed by atoms with Crippen molar-refractivity contribution in [3.8, 4) is 5.75 Å². The Labute approximate surface area is 145 Å². The van der Waals surface area contributed by atoms with E-state index in [1.54, 1.807) is 38.1 Å². The first-order valence-electron chi connectivity index (χ1n) is 6.45. The number of ether oxygens (including phenoxy) is 1. The number of methoxy groups -OCH3 is 1. The molecule has 0 amide bonds. The van der Waals surface area contributed by atoms with Gasteiger partial charge in [-0.2, -0.15) is 0 Å². The Kier molecular flexibility index (Phi) is 5.50. The largest absolute Gasteiger partial charge is 0.496 e. The van der Waals surface area contributed by atoms with Crippen LogP contribution in [-0.2, 0) is 11.1 Å². The van der Waals surface area contributed by atoms with Gasteiger partial charge in [0.15, 0.2) is 0 Å². The maximum atomic E-state index is 13.0. The van der Waals surface area contributed by atoms with Crippen molar-refractivity contribution in [3.05, 3.63) is 45.7 Å². The first-order chi connectivity index (χ1) is 10.4. The minimum absolute atomic E-state index is 0.249. The number of para-hydroxylation sites is 1. The molecule has 0 N–H and O–H groups in total. The molecule has 0 atom stereocenters. The van der Waals surface area contributed by atoms with E-state index in [2.05, 4.69) is 12.9 Å². The van der Waals surface area contributed by atoms with Gasteiger partial charge in [0.25, 0.3) is 0 Å². The van der Waals surface area contributed by atoms with Crippen molar-refractivity contribution < 1.29 is 13.6 Å². The zero-order valence-corrected chi connectivity index (χ0v) is 14.7. The van der Waals surface area contributed by atoms with Crippen molar-refractivity contribution in [1.29, 1.82) is 0 Å². The summed E-state index contributed by atoms with van der Waals surface area (Å²) in [5, 5.41) is 0.552. The van der Waals surface area contributed by atoms with Crippen molar-refractivity contribution in [2.24, 2.45) is 7.05 Å². The molecule has 0 aliphatic carbocycles. The molecule has 0 bridgehead atoms. The summed E-state index contributed by atoms with van der Waals surface area (Å²) in [6.07, 6.45) is 0. The molecule has 0 radical (unpaired) electrons. The molecular formula is C14H14BCl2NO3S. The molecule has 0 aliphatic rings. The minimum Gasteiger partial charge on any atom is -0.496 e. The summed E-state index contributed by atoms with van der Waals surface area (Å²) in [5.41, 5.74) is 1.27. The monoisotopic (exact) mass is 357 g/mol. The molecule has 1 heterocycles. The molecule has 22 heavy (non-hydrogen) atoms. The SMILES string of the molecule is COc1ccccc1C(=O)c1c(B(C)OS)c(Cl)c(Cl)n1C. The summed E-state index contributed by atoms with van der Waals surface area (Å²) >= 11 is 16.2. The van der Waals surface area contributed by atoms with Crippen molar-refractivity contribution in [2.75, 3.05) is 7.11 Å². The zero-order valence-electron chi connectivity index (χ0n) is 12.3. The number of ketones is 1. The molecular weight excluding hydrogens is 344 g/mol. The first kappa shape index (κ1) is 17.3. The molecule has 1 aromatic carbocycles. The molecule has 0 saturated heterocycles. The smallest absolute Gasteiger partial charge is 0.344 e. The lowest BCUT2D eigenvalue weighted by Gasteiger charge is -2.11. The van der Waals surface area contributed by atoms with Crippen LogP contribution in [0.3, 0.4) is 0 Å². The Morgan fingerprint density at radius 2 is 1.95 bits per heavy atom. The average Bonchev–Trinajstić information content (AvgIpc) is 2.77. The van der Waals surface area contributed by atoms with Gasteiger partial charge < -0.3 is 13.4 Å². The Balaban J connectivity index is 2.66.